The predicted octanol–water partition coefficient (Wildman–Crippen LogP) is 2.57. The number of rotatable bonds is 14. The van der Waals surface area contributed by atoms with E-state index in [2.05, 4.69) is 10.6 Å². The molecule has 0 heterocycles. The van der Waals surface area contributed by atoms with Crippen molar-refractivity contribution in [2.45, 2.75) is 77.3 Å². The molecule has 0 fully saturated rings. The van der Waals surface area contributed by atoms with Crippen LogP contribution in [0.4, 0.5) is 0 Å². The molecule has 0 saturated carbocycles. The van der Waals surface area contributed by atoms with Crippen LogP contribution in [0.5, 0.6) is 0 Å². The van der Waals surface area contributed by atoms with E-state index >= 15 is 0 Å². The molecule has 1 aromatic carbocycles. The number of nitrogens with two attached hydrogens (primary N) is 2. The average Bonchev–Trinajstić information content (AvgIpc) is 2.76. The highest BCUT2D eigenvalue weighted by atomic mass is 32.2. The molecular weight excluding hydrogens is 424 g/mol. The fraction of sp³-hybridized carbons (Fsp3) is 0.625. The summed E-state index contributed by atoms with van der Waals surface area (Å²) in [6.07, 6.45) is 2.48. The zero-order chi connectivity index (χ0) is 24.1. The van der Waals surface area contributed by atoms with E-state index in [1.807, 2.05) is 58.0 Å². The number of benzene rings is 1. The molecule has 1 rings (SSSR count). The standard InChI is InChI=1S/C24H40N4O3S/c1-16(2)14-20(28-23(30)21(26)17(3)4)22(29)27-19(12-8-9-13-25)24(31)32-15-18-10-6-5-7-11-18/h5-7,10-11,16-17,19-21H,8-9,12-15,25-26H2,1-4H3,(H,27,29)(H,28,30). The Balaban J connectivity index is 2.85. The molecule has 6 N–H and O–H groups in total. The molecule has 7 nitrogen and oxygen atoms in total. The normalized spacial score (nSPS) is 14.1. The molecule has 0 radical (unpaired) electrons. The smallest absolute Gasteiger partial charge is 0.243 e. The van der Waals surface area contributed by atoms with Gasteiger partial charge in [-0.05, 0) is 49.6 Å². The van der Waals surface area contributed by atoms with E-state index in [0.29, 0.717) is 25.1 Å². The SMILES string of the molecule is CC(C)CC(NC(=O)C(N)C(C)C)C(=O)NC(CCCCN)C(=O)SCc1ccccc1. The van der Waals surface area contributed by atoms with Gasteiger partial charge in [0.25, 0.3) is 0 Å². The highest BCUT2D eigenvalue weighted by Crippen LogP contribution is 2.18. The molecule has 1 aromatic rings. The van der Waals surface area contributed by atoms with Crippen LogP contribution in [0.2, 0.25) is 0 Å². The van der Waals surface area contributed by atoms with Gasteiger partial charge >= 0.3 is 0 Å². The van der Waals surface area contributed by atoms with Crippen molar-refractivity contribution in [3.05, 3.63) is 35.9 Å². The first-order chi connectivity index (χ1) is 15.1. The van der Waals surface area contributed by atoms with Crippen LogP contribution in [0.3, 0.4) is 0 Å². The third-order valence-corrected chi connectivity index (χ3v) is 6.18. The molecule has 0 aliphatic carbocycles. The Bertz CT molecular complexity index is 712. The Morgan fingerprint density at radius 3 is 2.12 bits per heavy atom. The minimum Gasteiger partial charge on any atom is -0.344 e. The molecule has 0 aliphatic rings. The molecule has 3 atom stereocenters. The minimum absolute atomic E-state index is 0.0438. The van der Waals surface area contributed by atoms with Crippen LogP contribution in [0.1, 0.15) is 58.9 Å². The van der Waals surface area contributed by atoms with Crippen LogP contribution < -0.4 is 22.1 Å². The van der Waals surface area contributed by atoms with E-state index in [1.54, 1.807) is 0 Å². The quantitative estimate of drug-likeness (QED) is 0.313. The third kappa shape index (κ3) is 10.6. The van der Waals surface area contributed by atoms with Gasteiger partial charge in [0.15, 0.2) is 0 Å². The van der Waals surface area contributed by atoms with Crippen LogP contribution in [0.15, 0.2) is 30.3 Å². The van der Waals surface area contributed by atoms with Gasteiger partial charge in [-0.3, -0.25) is 14.4 Å². The fourth-order valence-electron chi connectivity index (χ4n) is 3.12. The highest BCUT2D eigenvalue weighted by Gasteiger charge is 2.29. The largest absolute Gasteiger partial charge is 0.344 e. The van der Waals surface area contributed by atoms with Gasteiger partial charge in [-0.2, -0.15) is 0 Å². The Labute approximate surface area is 196 Å². The molecule has 0 bridgehead atoms. The van der Waals surface area contributed by atoms with Crippen molar-refractivity contribution >= 4 is 28.7 Å². The first-order valence-corrected chi connectivity index (χ1v) is 12.4. The predicted molar refractivity (Wildman–Crippen MR) is 132 cm³/mol. The molecule has 180 valence electrons. The van der Waals surface area contributed by atoms with Crippen molar-refractivity contribution in [3.8, 4) is 0 Å². The van der Waals surface area contributed by atoms with Gasteiger partial charge in [-0.25, -0.2) is 0 Å². The number of carbonyl (C=O) groups excluding carboxylic acids is 3. The Morgan fingerprint density at radius 1 is 0.938 bits per heavy atom. The summed E-state index contributed by atoms with van der Waals surface area (Å²) in [4.78, 5) is 38.5. The number of unbranched alkanes of at least 4 members (excludes halogenated alkanes) is 1. The van der Waals surface area contributed by atoms with Gasteiger partial charge in [0, 0.05) is 5.75 Å². The van der Waals surface area contributed by atoms with Gasteiger partial charge in [0.05, 0.1) is 12.1 Å². The van der Waals surface area contributed by atoms with E-state index in [9.17, 15) is 14.4 Å². The van der Waals surface area contributed by atoms with Crippen LogP contribution in [0, 0.1) is 11.8 Å². The lowest BCUT2D eigenvalue weighted by atomic mass is 10.00. The highest BCUT2D eigenvalue weighted by molar-refractivity contribution is 8.13. The Kier molecular flexibility index (Phi) is 13.2. The second kappa shape index (κ2) is 15.0. The van der Waals surface area contributed by atoms with Crippen molar-refractivity contribution in [2.75, 3.05) is 6.54 Å². The number of thioether (sulfide) groups is 1. The summed E-state index contributed by atoms with van der Waals surface area (Å²) in [6.45, 7) is 8.21. The topological polar surface area (TPSA) is 127 Å². The van der Waals surface area contributed by atoms with Crippen molar-refractivity contribution in [2.24, 2.45) is 23.3 Å². The van der Waals surface area contributed by atoms with Gasteiger partial charge in [0.2, 0.25) is 16.9 Å². The summed E-state index contributed by atoms with van der Waals surface area (Å²) in [7, 11) is 0. The van der Waals surface area contributed by atoms with Crippen LogP contribution in [0.25, 0.3) is 0 Å². The third-order valence-electron chi connectivity index (χ3n) is 5.13. The maximum absolute atomic E-state index is 13.1. The number of hydrogen-bond acceptors (Lipinski definition) is 6. The number of nitrogens with one attached hydrogen (secondary N) is 2. The molecule has 8 heteroatoms. The molecule has 0 spiro atoms. The van der Waals surface area contributed by atoms with Gasteiger partial charge in [-0.1, -0.05) is 69.8 Å². The zero-order valence-electron chi connectivity index (χ0n) is 19.8. The number of hydrogen-bond donors (Lipinski definition) is 4. The molecule has 2 amide bonds. The van der Waals surface area contributed by atoms with E-state index in [0.717, 1.165) is 18.4 Å². The summed E-state index contributed by atoms with van der Waals surface area (Å²) in [5.41, 5.74) is 12.6. The van der Waals surface area contributed by atoms with Gasteiger partial charge in [-0.15, -0.1) is 0 Å². The molecule has 32 heavy (non-hydrogen) atoms. The van der Waals surface area contributed by atoms with Crippen LogP contribution >= 0.6 is 11.8 Å². The average molecular weight is 465 g/mol. The van der Waals surface area contributed by atoms with Crippen molar-refractivity contribution < 1.29 is 14.4 Å². The maximum atomic E-state index is 13.1. The van der Waals surface area contributed by atoms with Crippen molar-refractivity contribution in [1.82, 2.24) is 10.6 Å². The van der Waals surface area contributed by atoms with Crippen LogP contribution in [-0.4, -0.2) is 41.6 Å². The fourth-order valence-corrected chi connectivity index (χ4v) is 4.00. The number of amides is 2. The van der Waals surface area contributed by atoms with E-state index in [4.69, 9.17) is 11.5 Å². The molecular formula is C24H40N4O3S. The molecule has 0 saturated heterocycles. The van der Waals surface area contributed by atoms with E-state index in [1.165, 1.54) is 11.8 Å². The summed E-state index contributed by atoms with van der Waals surface area (Å²) in [5.74, 6) is -0.0317. The second-order valence-electron chi connectivity index (χ2n) is 8.90. The zero-order valence-corrected chi connectivity index (χ0v) is 20.6. The summed E-state index contributed by atoms with van der Waals surface area (Å²) < 4.78 is 0. The molecule has 3 unspecified atom stereocenters. The van der Waals surface area contributed by atoms with E-state index < -0.39 is 18.1 Å². The van der Waals surface area contributed by atoms with Gasteiger partial charge in [0.1, 0.15) is 6.04 Å². The van der Waals surface area contributed by atoms with Crippen molar-refractivity contribution in [1.29, 1.82) is 0 Å². The summed E-state index contributed by atoms with van der Waals surface area (Å²) in [6, 6.07) is 7.66. The monoisotopic (exact) mass is 464 g/mol. The summed E-state index contributed by atoms with van der Waals surface area (Å²) in [5, 5.41) is 5.58. The minimum atomic E-state index is -0.740. The maximum Gasteiger partial charge on any atom is 0.243 e. The van der Waals surface area contributed by atoms with Crippen molar-refractivity contribution in [3.63, 3.8) is 0 Å². The first kappa shape index (κ1) is 28.1. The lowest BCUT2D eigenvalue weighted by molar-refractivity contribution is -0.131. The lowest BCUT2D eigenvalue weighted by Gasteiger charge is -2.25. The van der Waals surface area contributed by atoms with Crippen LogP contribution in [-0.2, 0) is 20.1 Å². The molecule has 0 aromatic heterocycles. The molecule has 0 aliphatic heterocycles. The van der Waals surface area contributed by atoms with Gasteiger partial charge < -0.3 is 22.1 Å². The Morgan fingerprint density at radius 2 is 1.56 bits per heavy atom. The summed E-state index contributed by atoms with van der Waals surface area (Å²) >= 11 is 1.19. The van der Waals surface area contributed by atoms with E-state index in [-0.39, 0.29) is 28.8 Å². The number of carbonyl (C=O) groups is 3. The second-order valence-corrected chi connectivity index (χ2v) is 9.88. The Hall–Kier alpha value is -1.90. The first-order valence-electron chi connectivity index (χ1n) is 11.4. The lowest BCUT2D eigenvalue weighted by Crippen LogP contribution is -2.55.